The van der Waals surface area contributed by atoms with Crippen LogP contribution in [0.2, 0.25) is 0 Å². The van der Waals surface area contributed by atoms with Gasteiger partial charge in [0.15, 0.2) is 0 Å². The number of rotatable bonds is 2. The minimum atomic E-state index is -0.355. The number of hydrogen-bond acceptors (Lipinski definition) is 2. The summed E-state index contributed by atoms with van der Waals surface area (Å²) < 4.78 is 12.8. The molecule has 0 saturated heterocycles. The smallest absolute Gasteiger partial charge is 0.143 e. The molecule has 70 valence electrons. The zero-order valence-electron chi connectivity index (χ0n) is 7.42. The van der Waals surface area contributed by atoms with Crippen molar-refractivity contribution in [1.29, 1.82) is 5.26 Å². The van der Waals surface area contributed by atoms with Crippen molar-refractivity contribution in [3.63, 3.8) is 0 Å². The van der Waals surface area contributed by atoms with Gasteiger partial charge in [0, 0.05) is 24.6 Å². The fraction of sp³-hybridized carbons (Fsp3) is 0.200. The molecule has 0 fully saturated rings. The topological polar surface area (TPSA) is 52.5 Å². The van der Waals surface area contributed by atoms with Gasteiger partial charge in [-0.05, 0) is 6.07 Å². The van der Waals surface area contributed by atoms with Crippen LogP contribution in [-0.2, 0) is 6.42 Å². The lowest BCUT2D eigenvalue weighted by Gasteiger charge is -1.88. The molecule has 2 heterocycles. The number of fused-ring (bicyclic) bond motifs is 1. The lowest BCUT2D eigenvalue weighted by Crippen LogP contribution is -1.81. The maximum Gasteiger partial charge on any atom is 0.143 e. The van der Waals surface area contributed by atoms with Crippen molar-refractivity contribution >= 4 is 11.0 Å². The molecule has 0 aliphatic carbocycles. The van der Waals surface area contributed by atoms with Crippen molar-refractivity contribution < 1.29 is 4.39 Å². The van der Waals surface area contributed by atoms with Crippen LogP contribution in [0.25, 0.3) is 11.0 Å². The van der Waals surface area contributed by atoms with E-state index in [4.69, 9.17) is 5.26 Å². The number of hydrogen-bond donors (Lipinski definition) is 1. The molecule has 4 heteroatoms. The van der Waals surface area contributed by atoms with Gasteiger partial charge in [0.25, 0.3) is 0 Å². The number of nitrogens with zero attached hydrogens (tertiary/aromatic N) is 2. The van der Waals surface area contributed by atoms with Crippen molar-refractivity contribution in [2.75, 3.05) is 0 Å². The number of aromatic nitrogens is 2. The monoisotopic (exact) mass is 189 g/mol. The lowest BCUT2D eigenvalue weighted by atomic mass is 10.2. The second kappa shape index (κ2) is 3.46. The molecule has 0 radical (unpaired) electrons. The summed E-state index contributed by atoms with van der Waals surface area (Å²) in [6.45, 7) is 0. The van der Waals surface area contributed by atoms with Crippen molar-refractivity contribution in [3.05, 3.63) is 29.8 Å². The number of halogens is 1. The van der Waals surface area contributed by atoms with Crippen LogP contribution in [0.15, 0.2) is 18.3 Å². The highest BCUT2D eigenvalue weighted by Gasteiger charge is 2.02. The van der Waals surface area contributed by atoms with Gasteiger partial charge in [0.2, 0.25) is 0 Å². The summed E-state index contributed by atoms with van der Waals surface area (Å²) in [7, 11) is 0. The summed E-state index contributed by atoms with van der Waals surface area (Å²) in [6.07, 6.45) is 2.29. The van der Waals surface area contributed by atoms with Gasteiger partial charge in [0.05, 0.1) is 23.3 Å². The molecule has 0 spiro atoms. The van der Waals surface area contributed by atoms with E-state index < -0.39 is 0 Å². The third kappa shape index (κ3) is 1.57. The summed E-state index contributed by atoms with van der Waals surface area (Å²) >= 11 is 0. The average Bonchev–Trinajstić information content (AvgIpc) is 2.56. The van der Waals surface area contributed by atoms with E-state index in [2.05, 4.69) is 16.0 Å². The maximum atomic E-state index is 12.8. The Labute approximate surface area is 80.2 Å². The number of H-pyrrole nitrogens is 1. The minimum absolute atomic E-state index is 0.355. The summed E-state index contributed by atoms with van der Waals surface area (Å²) in [4.78, 5) is 6.94. The van der Waals surface area contributed by atoms with E-state index in [9.17, 15) is 4.39 Å². The molecule has 3 nitrogen and oxygen atoms in total. The predicted molar refractivity (Wildman–Crippen MR) is 50.0 cm³/mol. The first-order valence-corrected chi connectivity index (χ1v) is 4.29. The van der Waals surface area contributed by atoms with E-state index in [1.54, 1.807) is 0 Å². The normalized spacial score (nSPS) is 10.3. The van der Waals surface area contributed by atoms with Crippen LogP contribution in [-0.4, -0.2) is 9.97 Å². The molecule has 2 aromatic rings. The van der Waals surface area contributed by atoms with Gasteiger partial charge in [-0.2, -0.15) is 5.26 Å². The third-order valence-corrected chi connectivity index (χ3v) is 2.00. The third-order valence-electron chi connectivity index (χ3n) is 2.00. The lowest BCUT2D eigenvalue weighted by molar-refractivity contribution is 0.624. The fourth-order valence-electron chi connectivity index (χ4n) is 1.36. The molecule has 2 rings (SSSR count). The zero-order valence-corrected chi connectivity index (χ0v) is 7.42. The van der Waals surface area contributed by atoms with Crippen LogP contribution in [0, 0.1) is 17.1 Å². The summed E-state index contributed by atoms with van der Waals surface area (Å²) in [6, 6.07) is 5.30. The second-order valence-electron chi connectivity index (χ2n) is 3.04. The van der Waals surface area contributed by atoms with Crippen molar-refractivity contribution in [2.24, 2.45) is 0 Å². The second-order valence-corrected chi connectivity index (χ2v) is 3.04. The fourth-order valence-corrected chi connectivity index (χ4v) is 1.36. The minimum Gasteiger partial charge on any atom is -0.357 e. The Morgan fingerprint density at radius 2 is 2.36 bits per heavy atom. The summed E-state index contributed by atoms with van der Waals surface area (Å²) in [5.41, 5.74) is 2.33. The standard InChI is InChI=1S/C10H8FN3/c11-7-4-10-9(13-6-7)5-8(14-10)2-1-3-12/h4-6,14H,1-2H2. The van der Waals surface area contributed by atoms with Crippen LogP contribution in [0.3, 0.4) is 0 Å². The molecular formula is C10H8FN3. The molecule has 14 heavy (non-hydrogen) atoms. The molecule has 0 amide bonds. The molecule has 0 saturated carbocycles. The van der Waals surface area contributed by atoms with E-state index in [-0.39, 0.29) is 5.82 Å². The highest BCUT2D eigenvalue weighted by atomic mass is 19.1. The van der Waals surface area contributed by atoms with E-state index in [0.29, 0.717) is 18.4 Å². The van der Waals surface area contributed by atoms with Crippen molar-refractivity contribution in [1.82, 2.24) is 9.97 Å². The number of nitriles is 1. The molecule has 0 unspecified atom stereocenters. The molecule has 0 atom stereocenters. The van der Waals surface area contributed by atoms with E-state index >= 15 is 0 Å². The first kappa shape index (κ1) is 8.70. The van der Waals surface area contributed by atoms with Crippen LogP contribution in [0.5, 0.6) is 0 Å². The van der Waals surface area contributed by atoms with Crippen molar-refractivity contribution in [2.45, 2.75) is 12.8 Å². The SMILES string of the molecule is N#CCCc1cc2ncc(F)cc2[nH]1. The average molecular weight is 189 g/mol. The summed E-state index contributed by atoms with van der Waals surface area (Å²) in [5.74, 6) is -0.355. The zero-order chi connectivity index (χ0) is 9.97. The van der Waals surface area contributed by atoms with Crippen molar-refractivity contribution in [3.8, 4) is 6.07 Å². The Kier molecular flexibility index (Phi) is 2.15. The van der Waals surface area contributed by atoms with Crippen LogP contribution in [0.4, 0.5) is 4.39 Å². The molecule has 0 aliphatic heterocycles. The Morgan fingerprint density at radius 3 is 3.14 bits per heavy atom. The van der Waals surface area contributed by atoms with E-state index in [1.165, 1.54) is 12.3 Å². The number of nitrogens with one attached hydrogen (secondary N) is 1. The molecule has 2 aromatic heterocycles. The van der Waals surface area contributed by atoms with Crippen LogP contribution >= 0.6 is 0 Å². The highest BCUT2D eigenvalue weighted by Crippen LogP contribution is 2.14. The van der Waals surface area contributed by atoms with Gasteiger partial charge in [0.1, 0.15) is 5.82 Å². The molecule has 1 N–H and O–H groups in total. The summed E-state index contributed by atoms with van der Waals surface area (Å²) in [5, 5.41) is 8.41. The first-order valence-electron chi connectivity index (χ1n) is 4.29. The number of pyridine rings is 1. The Morgan fingerprint density at radius 1 is 1.50 bits per heavy atom. The van der Waals surface area contributed by atoms with Crippen LogP contribution in [0.1, 0.15) is 12.1 Å². The molecule has 0 aliphatic rings. The van der Waals surface area contributed by atoms with Gasteiger partial charge >= 0.3 is 0 Å². The molecule has 0 bridgehead atoms. The first-order chi connectivity index (χ1) is 6.79. The largest absolute Gasteiger partial charge is 0.357 e. The van der Waals surface area contributed by atoms with Gasteiger partial charge in [-0.15, -0.1) is 0 Å². The predicted octanol–water partition coefficient (Wildman–Crippen LogP) is 2.16. The van der Waals surface area contributed by atoms with Gasteiger partial charge in [-0.25, -0.2) is 4.39 Å². The quantitative estimate of drug-likeness (QED) is 0.786. The van der Waals surface area contributed by atoms with E-state index in [1.807, 2.05) is 6.07 Å². The number of aromatic amines is 1. The number of aryl methyl sites for hydroxylation is 1. The van der Waals surface area contributed by atoms with Gasteiger partial charge in [-0.1, -0.05) is 0 Å². The van der Waals surface area contributed by atoms with Gasteiger partial charge < -0.3 is 4.98 Å². The Hall–Kier alpha value is -1.89. The van der Waals surface area contributed by atoms with Gasteiger partial charge in [-0.3, -0.25) is 4.98 Å². The maximum absolute atomic E-state index is 12.8. The van der Waals surface area contributed by atoms with Crippen LogP contribution < -0.4 is 0 Å². The van der Waals surface area contributed by atoms with E-state index in [0.717, 1.165) is 11.2 Å². The molecular weight excluding hydrogens is 181 g/mol. The Bertz CT molecular complexity index is 496. The highest BCUT2D eigenvalue weighted by molar-refractivity contribution is 5.75. The Balaban J connectivity index is 2.37. The molecule has 0 aromatic carbocycles.